The summed E-state index contributed by atoms with van der Waals surface area (Å²) in [6.07, 6.45) is 1.18. The summed E-state index contributed by atoms with van der Waals surface area (Å²) in [6.45, 7) is 10.6. The number of ether oxygens (including phenoxy) is 2. The fourth-order valence-corrected chi connectivity index (χ4v) is 3.34. The van der Waals surface area contributed by atoms with Crippen molar-refractivity contribution in [3.05, 3.63) is 24.3 Å². The third-order valence-corrected chi connectivity index (χ3v) is 4.90. The predicted molar refractivity (Wildman–Crippen MR) is 109 cm³/mol. The van der Waals surface area contributed by atoms with E-state index in [4.69, 9.17) is 9.47 Å². The average Bonchev–Trinajstić information content (AvgIpc) is 2.90. The van der Waals surface area contributed by atoms with Gasteiger partial charge in [-0.1, -0.05) is 12.1 Å². The van der Waals surface area contributed by atoms with Crippen molar-refractivity contribution in [2.45, 2.75) is 19.4 Å². The number of nitrogens with one attached hydrogen (secondary N) is 2. The van der Waals surface area contributed by atoms with E-state index >= 15 is 0 Å². The number of aliphatic imine (C=N–C) groups is 1. The molecule has 1 fully saturated rings. The van der Waals surface area contributed by atoms with Crippen molar-refractivity contribution in [1.82, 2.24) is 20.4 Å². The number of hydrogen-bond acceptors (Lipinski definition) is 5. The summed E-state index contributed by atoms with van der Waals surface area (Å²) in [6, 6.07) is 7.78. The standard InChI is InChI=1S/C20H33N5O2/c1-3-21-20(22-9-12-25-11-6-10-24(2)13-14-25)23-15-17-16-26-18-7-4-5-8-19(18)27-17/h4-5,7-8,17H,3,6,9-16H2,1-2H3,(H2,21,22,23). The fraction of sp³-hybridized carbons (Fsp3) is 0.650. The van der Waals surface area contributed by atoms with Gasteiger partial charge in [0.2, 0.25) is 0 Å². The molecule has 27 heavy (non-hydrogen) atoms. The molecule has 7 nitrogen and oxygen atoms in total. The van der Waals surface area contributed by atoms with Gasteiger partial charge in [-0.3, -0.25) is 0 Å². The number of fused-ring (bicyclic) bond motifs is 1. The molecule has 7 heteroatoms. The summed E-state index contributed by atoms with van der Waals surface area (Å²) in [5.74, 6) is 2.45. The van der Waals surface area contributed by atoms with Crippen molar-refractivity contribution < 1.29 is 9.47 Å². The molecule has 1 aromatic rings. The van der Waals surface area contributed by atoms with E-state index in [9.17, 15) is 0 Å². The topological polar surface area (TPSA) is 61.4 Å². The maximum Gasteiger partial charge on any atom is 0.191 e. The molecule has 0 bridgehead atoms. The summed E-state index contributed by atoms with van der Waals surface area (Å²) in [7, 11) is 2.20. The second-order valence-electron chi connectivity index (χ2n) is 7.14. The maximum absolute atomic E-state index is 5.98. The van der Waals surface area contributed by atoms with Crippen LogP contribution in [0.2, 0.25) is 0 Å². The lowest BCUT2D eigenvalue weighted by Crippen LogP contribution is -2.43. The molecule has 0 saturated carbocycles. The summed E-state index contributed by atoms with van der Waals surface area (Å²) in [4.78, 5) is 9.61. The number of guanidine groups is 1. The zero-order chi connectivity index (χ0) is 18.9. The van der Waals surface area contributed by atoms with Gasteiger partial charge in [0.25, 0.3) is 0 Å². The van der Waals surface area contributed by atoms with Gasteiger partial charge in [0.1, 0.15) is 6.61 Å². The van der Waals surface area contributed by atoms with Crippen LogP contribution in [0, 0.1) is 0 Å². The third-order valence-electron chi connectivity index (χ3n) is 4.90. The first-order chi connectivity index (χ1) is 13.2. The zero-order valence-electron chi connectivity index (χ0n) is 16.6. The van der Waals surface area contributed by atoms with Crippen molar-refractivity contribution in [3.8, 4) is 11.5 Å². The number of para-hydroxylation sites is 2. The summed E-state index contributed by atoms with van der Waals surface area (Å²) in [5.41, 5.74) is 0. The Bertz CT molecular complexity index is 610. The first-order valence-corrected chi connectivity index (χ1v) is 10.1. The number of rotatable bonds is 6. The third kappa shape index (κ3) is 6.29. The Hall–Kier alpha value is -1.99. The van der Waals surface area contributed by atoms with Crippen molar-refractivity contribution in [1.29, 1.82) is 0 Å². The molecule has 0 spiro atoms. The van der Waals surface area contributed by atoms with Gasteiger partial charge in [0, 0.05) is 32.7 Å². The SMILES string of the molecule is CCNC(=NCC1COc2ccccc2O1)NCCN1CCCN(C)CC1. The minimum absolute atomic E-state index is 0.0588. The quantitative estimate of drug-likeness (QED) is 0.572. The van der Waals surface area contributed by atoms with Gasteiger partial charge in [-0.2, -0.15) is 0 Å². The van der Waals surface area contributed by atoms with E-state index in [2.05, 4.69) is 39.4 Å². The highest BCUT2D eigenvalue weighted by molar-refractivity contribution is 5.79. The Morgan fingerprint density at radius 2 is 2.00 bits per heavy atom. The second-order valence-corrected chi connectivity index (χ2v) is 7.14. The molecule has 1 unspecified atom stereocenters. The van der Waals surface area contributed by atoms with Crippen LogP contribution in [0.15, 0.2) is 29.3 Å². The molecule has 150 valence electrons. The normalized spacial score (nSPS) is 21.6. The lowest BCUT2D eigenvalue weighted by atomic mass is 10.2. The molecule has 3 rings (SSSR count). The molecule has 2 heterocycles. The summed E-state index contributed by atoms with van der Waals surface area (Å²) in [5, 5.41) is 6.76. The number of hydrogen-bond donors (Lipinski definition) is 2. The molecule has 2 N–H and O–H groups in total. The number of nitrogens with zero attached hydrogens (tertiary/aromatic N) is 3. The van der Waals surface area contributed by atoms with Crippen LogP contribution < -0.4 is 20.1 Å². The molecular formula is C20H33N5O2. The van der Waals surface area contributed by atoms with Crippen LogP contribution in [-0.2, 0) is 0 Å². The minimum Gasteiger partial charge on any atom is -0.486 e. The molecule has 0 amide bonds. The van der Waals surface area contributed by atoms with E-state index in [1.54, 1.807) is 0 Å². The molecule has 1 atom stereocenters. The monoisotopic (exact) mass is 375 g/mol. The molecule has 0 radical (unpaired) electrons. The van der Waals surface area contributed by atoms with E-state index in [0.717, 1.165) is 50.2 Å². The van der Waals surface area contributed by atoms with Gasteiger partial charge in [0.15, 0.2) is 23.6 Å². The smallest absolute Gasteiger partial charge is 0.191 e. The second kappa shape index (κ2) is 10.4. The molecule has 1 saturated heterocycles. The molecule has 2 aliphatic heterocycles. The first kappa shape index (κ1) is 19.8. The molecule has 0 aromatic heterocycles. The van der Waals surface area contributed by atoms with E-state index in [1.807, 2.05) is 24.3 Å². The van der Waals surface area contributed by atoms with Gasteiger partial charge in [0.05, 0.1) is 6.54 Å². The Balaban J connectivity index is 1.44. The van der Waals surface area contributed by atoms with E-state index in [0.29, 0.717) is 13.2 Å². The predicted octanol–water partition coefficient (Wildman–Crippen LogP) is 1.02. The van der Waals surface area contributed by atoms with Gasteiger partial charge < -0.3 is 29.9 Å². The minimum atomic E-state index is -0.0588. The number of benzene rings is 1. The van der Waals surface area contributed by atoms with E-state index < -0.39 is 0 Å². The summed E-state index contributed by atoms with van der Waals surface area (Å²) < 4.78 is 11.7. The van der Waals surface area contributed by atoms with Gasteiger partial charge >= 0.3 is 0 Å². The highest BCUT2D eigenvalue weighted by atomic mass is 16.6. The van der Waals surface area contributed by atoms with Gasteiger partial charge in [-0.05, 0) is 45.6 Å². The Labute approximate surface area is 162 Å². The Morgan fingerprint density at radius 1 is 1.15 bits per heavy atom. The lowest BCUT2D eigenvalue weighted by molar-refractivity contribution is 0.0971. The van der Waals surface area contributed by atoms with Gasteiger partial charge in [-0.25, -0.2) is 4.99 Å². The fourth-order valence-electron chi connectivity index (χ4n) is 3.34. The van der Waals surface area contributed by atoms with Crippen LogP contribution in [0.5, 0.6) is 11.5 Å². The van der Waals surface area contributed by atoms with Crippen molar-refractivity contribution in [2.75, 3.05) is 66.0 Å². The summed E-state index contributed by atoms with van der Waals surface area (Å²) >= 11 is 0. The molecular weight excluding hydrogens is 342 g/mol. The van der Waals surface area contributed by atoms with Crippen molar-refractivity contribution in [2.24, 2.45) is 4.99 Å². The van der Waals surface area contributed by atoms with Crippen LogP contribution in [0.3, 0.4) is 0 Å². The van der Waals surface area contributed by atoms with Crippen LogP contribution in [0.25, 0.3) is 0 Å². The Kier molecular flexibility index (Phi) is 7.59. The highest BCUT2D eigenvalue weighted by Gasteiger charge is 2.20. The van der Waals surface area contributed by atoms with E-state index in [-0.39, 0.29) is 6.10 Å². The molecule has 0 aliphatic carbocycles. The van der Waals surface area contributed by atoms with Crippen LogP contribution in [-0.4, -0.2) is 87.9 Å². The molecule has 1 aromatic carbocycles. The van der Waals surface area contributed by atoms with Crippen molar-refractivity contribution >= 4 is 5.96 Å². The Morgan fingerprint density at radius 3 is 2.85 bits per heavy atom. The van der Waals surface area contributed by atoms with Crippen LogP contribution in [0.1, 0.15) is 13.3 Å². The van der Waals surface area contributed by atoms with E-state index in [1.165, 1.54) is 19.5 Å². The van der Waals surface area contributed by atoms with Gasteiger partial charge in [-0.15, -0.1) is 0 Å². The molecule has 2 aliphatic rings. The van der Waals surface area contributed by atoms with Crippen molar-refractivity contribution in [3.63, 3.8) is 0 Å². The lowest BCUT2D eigenvalue weighted by Gasteiger charge is -2.25. The zero-order valence-corrected chi connectivity index (χ0v) is 16.6. The number of likely N-dealkylation sites (N-methyl/N-ethyl adjacent to an activating group) is 1. The first-order valence-electron chi connectivity index (χ1n) is 10.1. The highest BCUT2D eigenvalue weighted by Crippen LogP contribution is 2.30. The van der Waals surface area contributed by atoms with Crippen LogP contribution in [0.4, 0.5) is 0 Å². The largest absolute Gasteiger partial charge is 0.486 e. The average molecular weight is 376 g/mol. The van der Waals surface area contributed by atoms with Crippen LogP contribution >= 0.6 is 0 Å². The maximum atomic E-state index is 5.98.